The molecule has 1 saturated carbocycles. The zero-order valence-corrected chi connectivity index (χ0v) is 11.8. The second-order valence-corrected chi connectivity index (χ2v) is 5.94. The van der Waals surface area contributed by atoms with Gasteiger partial charge in [-0.15, -0.1) is 0 Å². The maximum atomic E-state index is 12.1. The second-order valence-electron chi connectivity index (χ2n) is 5.94. The summed E-state index contributed by atoms with van der Waals surface area (Å²) in [6, 6.07) is 0. The van der Waals surface area contributed by atoms with E-state index in [1.807, 2.05) is 0 Å². The minimum atomic E-state index is -0.0592. The molecule has 1 aromatic rings. The van der Waals surface area contributed by atoms with Gasteiger partial charge in [-0.25, -0.2) is 9.97 Å². The van der Waals surface area contributed by atoms with Gasteiger partial charge < -0.3 is 5.32 Å². The maximum Gasteiger partial charge on any atom is 0.254 e. The van der Waals surface area contributed by atoms with Crippen molar-refractivity contribution in [2.75, 3.05) is 19.6 Å². The third-order valence-electron chi connectivity index (χ3n) is 4.71. The molecule has 0 unspecified atom stereocenters. The van der Waals surface area contributed by atoms with E-state index in [2.05, 4.69) is 20.2 Å². The van der Waals surface area contributed by atoms with Gasteiger partial charge in [-0.05, 0) is 38.8 Å². The highest BCUT2D eigenvalue weighted by Gasteiger charge is 2.40. The first-order valence-corrected chi connectivity index (χ1v) is 7.58. The van der Waals surface area contributed by atoms with E-state index in [0.717, 1.165) is 6.54 Å². The van der Waals surface area contributed by atoms with Gasteiger partial charge in [0.1, 0.15) is 6.33 Å². The quantitative estimate of drug-likeness (QED) is 0.906. The van der Waals surface area contributed by atoms with E-state index in [4.69, 9.17) is 0 Å². The Labute approximate surface area is 119 Å². The van der Waals surface area contributed by atoms with E-state index in [9.17, 15) is 4.79 Å². The highest BCUT2D eigenvalue weighted by Crippen LogP contribution is 2.36. The summed E-state index contributed by atoms with van der Waals surface area (Å²) in [5.41, 5.74) is 0.740. The number of nitrogens with one attached hydrogen (secondary N) is 1. The molecule has 20 heavy (non-hydrogen) atoms. The lowest BCUT2D eigenvalue weighted by Crippen LogP contribution is -2.53. The number of carbonyl (C=O) groups is 1. The smallest absolute Gasteiger partial charge is 0.254 e. The Kier molecular flexibility index (Phi) is 3.96. The molecule has 1 saturated heterocycles. The van der Waals surface area contributed by atoms with Gasteiger partial charge in [-0.1, -0.05) is 12.8 Å². The number of carbonyl (C=O) groups excluding carboxylic acids is 1. The molecule has 0 atom stereocenters. The van der Waals surface area contributed by atoms with Gasteiger partial charge in [-0.2, -0.15) is 0 Å². The molecular weight excluding hydrogens is 252 g/mol. The van der Waals surface area contributed by atoms with Gasteiger partial charge in [-0.3, -0.25) is 9.69 Å². The van der Waals surface area contributed by atoms with E-state index in [0.29, 0.717) is 5.56 Å². The van der Waals surface area contributed by atoms with E-state index in [1.54, 1.807) is 12.4 Å². The lowest BCUT2D eigenvalue weighted by Gasteiger charge is -2.39. The summed E-state index contributed by atoms with van der Waals surface area (Å²) in [4.78, 5) is 22.5. The van der Waals surface area contributed by atoms with Crippen LogP contribution in [-0.2, 0) is 0 Å². The molecule has 0 radical (unpaired) electrons. The summed E-state index contributed by atoms with van der Waals surface area (Å²) in [6.45, 7) is 3.12. The standard InChI is InChI=1S/C15H22N4O/c20-14(13-9-16-12-17-10-13)18-11-15(5-1-2-6-15)19-7-3-4-8-19/h9-10,12H,1-8,11H2,(H,18,20). The van der Waals surface area contributed by atoms with Crippen molar-refractivity contribution in [3.63, 3.8) is 0 Å². The van der Waals surface area contributed by atoms with E-state index >= 15 is 0 Å². The number of amides is 1. The largest absolute Gasteiger partial charge is 0.350 e. The maximum absolute atomic E-state index is 12.1. The minimum absolute atomic E-state index is 0.0592. The Bertz CT molecular complexity index is 450. The van der Waals surface area contributed by atoms with Crippen molar-refractivity contribution < 1.29 is 4.79 Å². The predicted octanol–water partition coefficient (Wildman–Crippen LogP) is 1.61. The van der Waals surface area contributed by atoms with Gasteiger partial charge >= 0.3 is 0 Å². The number of likely N-dealkylation sites (tertiary alicyclic amines) is 1. The Morgan fingerprint density at radius 3 is 2.45 bits per heavy atom. The first-order valence-electron chi connectivity index (χ1n) is 7.58. The van der Waals surface area contributed by atoms with E-state index < -0.39 is 0 Å². The lowest BCUT2D eigenvalue weighted by molar-refractivity contribution is 0.0860. The molecule has 2 aliphatic rings. The molecule has 2 heterocycles. The molecule has 0 aromatic carbocycles. The highest BCUT2D eigenvalue weighted by molar-refractivity contribution is 5.93. The molecule has 1 amide bonds. The number of hydrogen-bond donors (Lipinski definition) is 1. The average molecular weight is 274 g/mol. The van der Waals surface area contributed by atoms with Gasteiger partial charge in [0.05, 0.1) is 5.56 Å². The van der Waals surface area contributed by atoms with Crippen molar-refractivity contribution in [3.8, 4) is 0 Å². The molecule has 5 nitrogen and oxygen atoms in total. The van der Waals surface area contributed by atoms with Crippen molar-refractivity contribution in [1.29, 1.82) is 0 Å². The fraction of sp³-hybridized carbons (Fsp3) is 0.667. The Hall–Kier alpha value is -1.49. The van der Waals surface area contributed by atoms with E-state index in [1.165, 1.54) is 57.9 Å². The number of aromatic nitrogens is 2. The van der Waals surface area contributed by atoms with Crippen LogP contribution in [0.4, 0.5) is 0 Å². The van der Waals surface area contributed by atoms with Crippen LogP contribution in [0.25, 0.3) is 0 Å². The van der Waals surface area contributed by atoms with Gasteiger partial charge in [0, 0.05) is 24.5 Å². The van der Waals surface area contributed by atoms with Crippen molar-refractivity contribution in [3.05, 3.63) is 24.3 Å². The van der Waals surface area contributed by atoms with Crippen LogP contribution in [0.3, 0.4) is 0 Å². The third-order valence-corrected chi connectivity index (χ3v) is 4.71. The van der Waals surface area contributed by atoms with Crippen molar-refractivity contribution >= 4 is 5.91 Å². The van der Waals surface area contributed by atoms with Crippen molar-refractivity contribution in [2.24, 2.45) is 0 Å². The molecule has 5 heteroatoms. The van der Waals surface area contributed by atoms with E-state index in [-0.39, 0.29) is 11.4 Å². The molecule has 1 aliphatic carbocycles. The number of hydrogen-bond acceptors (Lipinski definition) is 4. The summed E-state index contributed by atoms with van der Waals surface area (Å²) >= 11 is 0. The molecule has 0 bridgehead atoms. The van der Waals surface area contributed by atoms with Crippen LogP contribution in [0.1, 0.15) is 48.9 Å². The van der Waals surface area contributed by atoms with Crippen LogP contribution in [0.2, 0.25) is 0 Å². The van der Waals surface area contributed by atoms with Crippen LogP contribution in [0, 0.1) is 0 Å². The second kappa shape index (κ2) is 5.87. The van der Waals surface area contributed by atoms with Crippen molar-refractivity contribution in [2.45, 2.75) is 44.1 Å². The molecule has 2 fully saturated rings. The summed E-state index contributed by atoms with van der Waals surface area (Å²) in [7, 11) is 0. The van der Waals surface area contributed by atoms with Crippen LogP contribution in [0.15, 0.2) is 18.7 Å². The first kappa shape index (κ1) is 13.5. The topological polar surface area (TPSA) is 58.1 Å². The molecule has 0 spiro atoms. The predicted molar refractivity (Wildman–Crippen MR) is 76.4 cm³/mol. The zero-order chi connectivity index (χ0) is 13.8. The first-order chi connectivity index (χ1) is 9.80. The number of rotatable bonds is 4. The van der Waals surface area contributed by atoms with Crippen molar-refractivity contribution in [1.82, 2.24) is 20.2 Å². The fourth-order valence-corrected chi connectivity index (χ4v) is 3.59. The molecule has 108 valence electrons. The number of nitrogens with zero attached hydrogens (tertiary/aromatic N) is 3. The fourth-order valence-electron chi connectivity index (χ4n) is 3.59. The summed E-state index contributed by atoms with van der Waals surface area (Å²) in [5.74, 6) is -0.0592. The Morgan fingerprint density at radius 1 is 1.15 bits per heavy atom. The normalized spacial score (nSPS) is 22.0. The summed E-state index contributed by atoms with van der Waals surface area (Å²) in [6.07, 6.45) is 12.1. The monoisotopic (exact) mass is 274 g/mol. The van der Waals surface area contributed by atoms with Crippen LogP contribution in [-0.4, -0.2) is 45.9 Å². The zero-order valence-electron chi connectivity index (χ0n) is 11.8. The highest BCUT2D eigenvalue weighted by atomic mass is 16.1. The molecule has 1 aromatic heterocycles. The molecule has 1 aliphatic heterocycles. The van der Waals surface area contributed by atoms with Crippen LogP contribution >= 0.6 is 0 Å². The van der Waals surface area contributed by atoms with Gasteiger partial charge in [0.15, 0.2) is 0 Å². The summed E-state index contributed by atoms with van der Waals surface area (Å²) in [5, 5.41) is 3.10. The third kappa shape index (κ3) is 2.68. The average Bonchev–Trinajstić information content (AvgIpc) is 3.17. The van der Waals surface area contributed by atoms with Gasteiger partial charge in [0.2, 0.25) is 0 Å². The molecular formula is C15H22N4O. The van der Waals surface area contributed by atoms with Gasteiger partial charge in [0.25, 0.3) is 5.91 Å². The lowest BCUT2D eigenvalue weighted by atomic mass is 9.95. The molecule has 1 N–H and O–H groups in total. The van der Waals surface area contributed by atoms with Crippen LogP contribution in [0.5, 0.6) is 0 Å². The SMILES string of the molecule is O=C(NCC1(N2CCCC2)CCCC1)c1cncnc1. The molecule has 3 rings (SSSR count). The summed E-state index contributed by atoms with van der Waals surface area (Å²) < 4.78 is 0. The minimum Gasteiger partial charge on any atom is -0.350 e. The Balaban J connectivity index is 1.64. The van der Waals surface area contributed by atoms with Crippen LogP contribution < -0.4 is 5.32 Å². The Morgan fingerprint density at radius 2 is 1.80 bits per heavy atom.